The molecule has 0 bridgehead atoms. The summed E-state index contributed by atoms with van der Waals surface area (Å²) in [6, 6.07) is 2.46. The van der Waals surface area contributed by atoms with Gasteiger partial charge in [0.15, 0.2) is 0 Å². The standard InChI is InChI=1S/C17H22N2S/c1-3-10-20-19-12(2)18-17-15-8-4-6-13(15)11-14-7-5-9-16(14)17/h3,10-11,18-19H,2,4-9H2,1H3/b10-3+. The predicted molar refractivity (Wildman–Crippen MR) is 88.8 cm³/mol. The first-order valence-electron chi connectivity index (χ1n) is 7.45. The Morgan fingerprint density at radius 1 is 1.15 bits per heavy atom. The van der Waals surface area contributed by atoms with E-state index in [9.17, 15) is 0 Å². The molecule has 1 aromatic rings. The lowest BCUT2D eigenvalue weighted by molar-refractivity contribution is 0.897. The van der Waals surface area contributed by atoms with E-state index in [1.165, 1.54) is 55.3 Å². The summed E-state index contributed by atoms with van der Waals surface area (Å²) in [5.74, 6) is 0.877. The molecule has 0 unspecified atom stereocenters. The third kappa shape index (κ3) is 2.59. The van der Waals surface area contributed by atoms with Crippen molar-refractivity contribution in [3.63, 3.8) is 0 Å². The van der Waals surface area contributed by atoms with E-state index in [0.29, 0.717) is 0 Å². The summed E-state index contributed by atoms with van der Waals surface area (Å²) in [6.07, 6.45) is 9.50. The Morgan fingerprint density at radius 2 is 1.80 bits per heavy atom. The molecule has 2 aliphatic rings. The van der Waals surface area contributed by atoms with E-state index >= 15 is 0 Å². The lowest BCUT2D eigenvalue weighted by Crippen LogP contribution is -2.13. The van der Waals surface area contributed by atoms with Crippen LogP contribution in [0.3, 0.4) is 0 Å². The molecule has 1 aromatic carbocycles. The van der Waals surface area contributed by atoms with Crippen molar-refractivity contribution in [3.05, 3.63) is 52.2 Å². The average molecular weight is 286 g/mol. The summed E-state index contributed by atoms with van der Waals surface area (Å²) in [4.78, 5) is 0. The number of hydrogen-bond acceptors (Lipinski definition) is 3. The molecule has 0 atom stereocenters. The van der Waals surface area contributed by atoms with Gasteiger partial charge in [0.2, 0.25) is 0 Å². The van der Waals surface area contributed by atoms with Crippen molar-refractivity contribution in [1.29, 1.82) is 0 Å². The second kappa shape index (κ2) is 5.96. The molecule has 2 aliphatic carbocycles. The Morgan fingerprint density at radius 3 is 2.40 bits per heavy atom. The zero-order chi connectivity index (χ0) is 13.9. The van der Waals surface area contributed by atoms with Crippen LogP contribution in [-0.4, -0.2) is 0 Å². The van der Waals surface area contributed by atoms with Gasteiger partial charge in [-0.1, -0.05) is 18.7 Å². The Balaban J connectivity index is 1.84. The molecule has 0 spiro atoms. The van der Waals surface area contributed by atoms with Crippen molar-refractivity contribution in [3.8, 4) is 0 Å². The van der Waals surface area contributed by atoms with Crippen LogP contribution in [0.2, 0.25) is 0 Å². The molecule has 0 saturated carbocycles. The molecular formula is C17H22N2S. The van der Waals surface area contributed by atoms with Crippen LogP contribution in [0.5, 0.6) is 0 Å². The second-order valence-electron chi connectivity index (χ2n) is 5.53. The van der Waals surface area contributed by atoms with E-state index in [0.717, 1.165) is 5.82 Å². The minimum Gasteiger partial charge on any atom is -0.341 e. The van der Waals surface area contributed by atoms with Gasteiger partial charge < -0.3 is 10.0 Å². The van der Waals surface area contributed by atoms with Crippen molar-refractivity contribution >= 4 is 17.6 Å². The van der Waals surface area contributed by atoms with Gasteiger partial charge >= 0.3 is 0 Å². The van der Waals surface area contributed by atoms with Gasteiger partial charge in [0, 0.05) is 5.69 Å². The molecule has 106 valence electrons. The molecule has 3 heteroatoms. The summed E-state index contributed by atoms with van der Waals surface area (Å²) in [5.41, 5.74) is 7.53. The molecule has 0 aliphatic heterocycles. The topological polar surface area (TPSA) is 24.1 Å². The number of rotatable bonds is 5. The molecule has 0 aromatic heterocycles. The summed E-state index contributed by atoms with van der Waals surface area (Å²) in [7, 11) is 0. The highest BCUT2D eigenvalue weighted by Gasteiger charge is 2.23. The van der Waals surface area contributed by atoms with Crippen LogP contribution < -0.4 is 10.0 Å². The third-order valence-corrected chi connectivity index (χ3v) is 4.91. The quantitative estimate of drug-likeness (QED) is 0.788. The maximum Gasteiger partial charge on any atom is 0.106 e. The molecule has 0 fully saturated rings. The molecule has 0 amide bonds. The number of nitrogens with one attached hydrogen (secondary N) is 2. The second-order valence-corrected chi connectivity index (χ2v) is 6.24. The average Bonchev–Trinajstić information content (AvgIpc) is 3.07. The van der Waals surface area contributed by atoms with Crippen LogP contribution in [0.1, 0.15) is 42.0 Å². The van der Waals surface area contributed by atoms with Gasteiger partial charge in [0.1, 0.15) is 5.82 Å². The molecule has 2 nitrogen and oxygen atoms in total. The van der Waals surface area contributed by atoms with Crippen molar-refractivity contribution in [2.75, 3.05) is 5.32 Å². The Kier molecular flexibility index (Phi) is 4.06. The minimum atomic E-state index is 0.877. The molecule has 20 heavy (non-hydrogen) atoms. The van der Waals surface area contributed by atoms with Crippen molar-refractivity contribution in [1.82, 2.24) is 4.72 Å². The lowest BCUT2D eigenvalue weighted by Gasteiger charge is -2.18. The predicted octanol–water partition coefficient (Wildman–Crippen LogP) is 4.32. The smallest absolute Gasteiger partial charge is 0.106 e. The zero-order valence-electron chi connectivity index (χ0n) is 12.1. The van der Waals surface area contributed by atoms with Crippen molar-refractivity contribution in [2.24, 2.45) is 0 Å². The molecule has 0 heterocycles. The van der Waals surface area contributed by atoms with Crippen LogP contribution in [-0.2, 0) is 25.7 Å². The monoisotopic (exact) mass is 286 g/mol. The maximum atomic E-state index is 4.10. The first kappa shape index (κ1) is 13.6. The highest BCUT2D eigenvalue weighted by atomic mass is 32.2. The number of fused-ring (bicyclic) bond motifs is 2. The highest BCUT2D eigenvalue weighted by Crippen LogP contribution is 2.38. The SMILES string of the molecule is C=C(NS/C=C/C)Nc1c2c(cc3c1CCC3)CCC2. The van der Waals surface area contributed by atoms with Gasteiger partial charge in [-0.05, 0) is 85.1 Å². The highest BCUT2D eigenvalue weighted by molar-refractivity contribution is 8.00. The summed E-state index contributed by atoms with van der Waals surface area (Å²) in [6.45, 7) is 6.11. The van der Waals surface area contributed by atoms with Crippen LogP contribution in [0.25, 0.3) is 0 Å². The van der Waals surface area contributed by atoms with Gasteiger partial charge in [-0.25, -0.2) is 0 Å². The van der Waals surface area contributed by atoms with E-state index in [-0.39, 0.29) is 0 Å². The van der Waals surface area contributed by atoms with E-state index < -0.39 is 0 Å². The van der Waals surface area contributed by atoms with Crippen LogP contribution in [0.15, 0.2) is 30.0 Å². The van der Waals surface area contributed by atoms with E-state index in [1.54, 1.807) is 23.1 Å². The van der Waals surface area contributed by atoms with E-state index in [4.69, 9.17) is 0 Å². The van der Waals surface area contributed by atoms with Gasteiger partial charge in [-0.3, -0.25) is 0 Å². The Labute approximate surface area is 125 Å². The summed E-state index contributed by atoms with van der Waals surface area (Å²) >= 11 is 1.55. The first-order chi connectivity index (χ1) is 9.79. The zero-order valence-corrected chi connectivity index (χ0v) is 12.9. The molecule has 0 saturated heterocycles. The number of benzene rings is 1. The third-order valence-electron chi connectivity index (χ3n) is 4.14. The van der Waals surface area contributed by atoms with Crippen LogP contribution >= 0.6 is 11.9 Å². The number of hydrogen-bond donors (Lipinski definition) is 2. The number of anilines is 1. The number of allylic oxidation sites excluding steroid dienone is 1. The van der Waals surface area contributed by atoms with Gasteiger partial charge in [0.05, 0.1) is 0 Å². The number of aryl methyl sites for hydroxylation is 2. The van der Waals surface area contributed by atoms with E-state index in [2.05, 4.69) is 22.7 Å². The van der Waals surface area contributed by atoms with Gasteiger partial charge in [-0.15, -0.1) is 0 Å². The largest absolute Gasteiger partial charge is 0.341 e. The maximum absolute atomic E-state index is 4.10. The molecular weight excluding hydrogens is 264 g/mol. The van der Waals surface area contributed by atoms with Crippen molar-refractivity contribution < 1.29 is 0 Å². The van der Waals surface area contributed by atoms with Gasteiger partial charge in [0.25, 0.3) is 0 Å². The summed E-state index contributed by atoms with van der Waals surface area (Å²) in [5, 5.41) is 5.56. The van der Waals surface area contributed by atoms with Gasteiger partial charge in [-0.2, -0.15) is 0 Å². The normalized spacial score (nSPS) is 16.2. The fourth-order valence-corrected chi connectivity index (χ4v) is 3.71. The molecule has 3 rings (SSSR count). The fourth-order valence-electron chi connectivity index (χ4n) is 3.32. The fraction of sp³-hybridized carbons (Fsp3) is 0.412. The van der Waals surface area contributed by atoms with Crippen LogP contribution in [0, 0.1) is 0 Å². The van der Waals surface area contributed by atoms with Crippen LogP contribution in [0.4, 0.5) is 5.69 Å². The minimum absolute atomic E-state index is 0.877. The summed E-state index contributed by atoms with van der Waals surface area (Å²) < 4.78 is 3.24. The Hall–Kier alpha value is -1.35. The first-order valence-corrected chi connectivity index (χ1v) is 8.33. The Bertz CT molecular complexity index is 528. The van der Waals surface area contributed by atoms with E-state index in [1.807, 2.05) is 18.4 Å². The lowest BCUT2D eigenvalue weighted by atomic mass is 9.99. The molecule has 2 N–H and O–H groups in total. The van der Waals surface area contributed by atoms with Crippen molar-refractivity contribution in [2.45, 2.75) is 45.4 Å². The molecule has 0 radical (unpaired) electrons.